The lowest BCUT2D eigenvalue weighted by molar-refractivity contribution is -0.384. The van der Waals surface area contributed by atoms with E-state index in [9.17, 15) is 19.7 Å². The molecule has 1 fully saturated rings. The Bertz CT molecular complexity index is 918. The number of carbonyl (C=O) groups is 2. The van der Waals surface area contributed by atoms with Crippen LogP contribution in [0.2, 0.25) is 0 Å². The molecule has 8 nitrogen and oxygen atoms in total. The Morgan fingerprint density at radius 1 is 1.17 bits per heavy atom. The second-order valence-electron chi connectivity index (χ2n) is 6.56. The van der Waals surface area contributed by atoms with Crippen LogP contribution < -0.4 is 10.6 Å². The van der Waals surface area contributed by atoms with Crippen molar-refractivity contribution < 1.29 is 19.2 Å². The molecule has 0 saturated carbocycles. The molecule has 1 aliphatic heterocycles. The van der Waals surface area contributed by atoms with E-state index in [0.29, 0.717) is 30.0 Å². The van der Waals surface area contributed by atoms with Crippen molar-refractivity contribution in [1.29, 1.82) is 0 Å². The summed E-state index contributed by atoms with van der Waals surface area (Å²) in [5, 5.41) is 16.2. The van der Waals surface area contributed by atoms with Crippen LogP contribution in [-0.2, 0) is 9.53 Å². The predicted octanol–water partition coefficient (Wildman–Crippen LogP) is 3.16. The van der Waals surface area contributed by atoms with Crippen LogP contribution in [0.25, 0.3) is 6.08 Å². The Kier molecular flexibility index (Phi) is 6.70. The van der Waals surface area contributed by atoms with Gasteiger partial charge in [0.15, 0.2) is 0 Å². The summed E-state index contributed by atoms with van der Waals surface area (Å²) in [5.41, 5.74) is 1.39. The van der Waals surface area contributed by atoms with Crippen molar-refractivity contribution in [3.8, 4) is 0 Å². The summed E-state index contributed by atoms with van der Waals surface area (Å²) in [4.78, 5) is 34.9. The molecule has 2 amide bonds. The minimum Gasteiger partial charge on any atom is -0.376 e. The Labute approximate surface area is 167 Å². The molecule has 1 saturated heterocycles. The van der Waals surface area contributed by atoms with Gasteiger partial charge in [0.05, 0.1) is 22.3 Å². The highest BCUT2D eigenvalue weighted by Gasteiger charge is 2.18. The van der Waals surface area contributed by atoms with Gasteiger partial charge in [-0.05, 0) is 48.7 Å². The SMILES string of the molecule is O=C(/C=C/c1ccc([N+](=O)[O-])cc1)Nc1ccccc1C(=O)NC[C@@H]1CCCO1. The zero-order valence-electron chi connectivity index (χ0n) is 15.7. The van der Waals surface area contributed by atoms with Crippen LogP contribution in [-0.4, -0.2) is 36.0 Å². The summed E-state index contributed by atoms with van der Waals surface area (Å²) in [6, 6.07) is 12.6. The van der Waals surface area contributed by atoms with Gasteiger partial charge in [-0.2, -0.15) is 0 Å². The molecule has 3 rings (SSSR count). The first-order chi connectivity index (χ1) is 14.0. The number of amides is 2. The highest BCUT2D eigenvalue weighted by atomic mass is 16.6. The summed E-state index contributed by atoms with van der Waals surface area (Å²) in [6.45, 7) is 1.15. The lowest BCUT2D eigenvalue weighted by atomic mass is 10.1. The molecule has 0 radical (unpaired) electrons. The molecule has 0 bridgehead atoms. The Hall–Kier alpha value is -3.52. The van der Waals surface area contributed by atoms with Crippen LogP contribution in [0, 0.1) is 10.1 Å². The number of hydrogen-bond donors (Lipinski definition) is 2. The van der Waals surface area contributed by atoms with Gasteiger partial charge in [-0.3, -0.25) is 19.7 Å². The molecule has 0 unspecified atom stereocenters. The molecule has 29 heavy (non-hydrogen) atoms. The minimum absolute atomic E-state index is 0.0189. The van der Waals surface area contributed by atoms with E-state index >= 15 is 0 Å². The number of non-ortho nitro benzene ring substituents is 1. The predicted molar refractivity (Wildman–Crippen MR) is 109 cm³/mol. The van der Waals surface area contributed by atoms with Crippen LogP contribution in [0.4, 0.5) is 11.4 Å². The van der Waals surface area contributed by atoms with Gasteiger partial charge >= 0.3 is 0 Å². The number of anilines is 1. The lowest BCUT2D eigenvalue weighted by Crippen LogP contribution is -2.32. The first-order valence-electron chi connectivity index (χ1n) is 9.25. The third-order valence-corrected chi connectivity index (χ3v) is 4.47. The molecule has 1 heterocycles. The molecule has 8 heteroatoms. The molecule has 0 aliphatic carbocycles. The number of nitrogens with zero attached hydrogens (tertiary/aromatic N) is 1. The molecule has 0 spiro atoms. The number of rotatable bonds is 7. The van der Waals surface area contributed by atoms with Crippen molar-refractivity contribution in [2.24, 2.45) is 0 Å². The van der Waals surface area contributed by atoms with Gasteiger partial charge in [0.1, 0.15) is 0 Å². The van der Waals surface area contributed by atoms with Crippen LogP contribution in [0.1, 0.15) is 28.8 Å². The molecular weight excluding hydrogens is 374 g/mol. The maximum atomic E-state index is 12.5. The Morgan fingerprint density at radius 2 is 1.93 bits per heavy atom. The van der Waals surface area contributed by atoms with E-state index in [-0.39, 0.29) is 17.7 Å². The normalized spacial score (nSPS) is 15.9. The Morgan fingerprint density at radius 3 is 2.62 bits per heavy atom. The smallest absolute Gasteiger partial charge is 0.269 e. The third kappa shape index (κ3) is 5.73. The molecule has 150 valence electrons. The molecule has 0 aromatic heterocycles. The fourth-order valence-corrected chi connectivity index (χ4v) is 2.95. The second kappa shape index (κ2) is 9.61. The van der Waals surface area contributed by atoms with E-state index in [1.54, 1.807) is 42.5 Å². The largest absolute Gasteiger partial charge is 0.376 e. The molecule has 1 atom stereocenters. The highest BCUT2D eigenvalue weighted by molar-refractivity contribution is 6.07. The van der Waals surface area contributed by atoms with Crippen molar-refractivity contribution in [1.82, 2.24) is 5.32 Å². The van der Waals surface area contributed by atoms with Gasteiger partial charge in [-0.1, -0.05) is 12.1 Å². The zero-order chi connectivity index (χ0) is 20.6. The average molecular weight is 395 g/mol. The van der Waals surface area contributed by atoms with Gasteiger partial charge in [-0.15, -0.1) is 0 Å². The summed E-state index contributed by atoms with van der Waals surface area (Å²) in [7, 11) is 0. The monoisotopic (exact) mass is 395 g/mol. The molecule has 2 aromatic rings. The number of ether oxygens (including phenoxy) is 1. The first-order valence-corrected chi connectivity index (χ1v) is 9.25. The first kappa shape index (κ1) is 20.2. The fourth-order valence-electron chi connectivity index (χ4n) is 2.95. The molecule has 2 N–H and O–H groups in total. The minimum atomic E-state index is -0.485. The summed E-state index contributed by atoms with van der Waals surface area (Å²) >= 11 is 0. The van der Waals surface area contributed by atoms with Crippen LogP contribution >= 0.6 is 0 Å². The molecular formula is C21H21N3O5. The van der Waals surface area contributed by atoms with Gasteiger partial charge < -0.3 is 15.4 Å². The molecule has 1 aliphatic rings. The van der Waals surface area contributed by atoms with E-state index in [1.165, 1.54) is 18.2 Å². The Balaban J connectivity index is 1.61. The van der Waals surface area contributed by atoms with Crippen LogP contribution in [0.15, 0.2) is 54.6 Å². The zero-order valence-corrected chi connectivity index (χ0v) is 15.7. The maximum absolute atomic E-state index is 12.5. The van der Waals surface area contributed by atoms with Gasteiger partial charge in [-0.25, -0.2) is 0 Å². The topological polar surface area (TPSA) is 111 Å². The quantitative estimate of drug-likeness (QED) is 0.425. The van der Waals surface area contributed by atoms with Crippen molar-refractivity contribution >= 4 is 29.3 Å². The summed E-state index contributed by atoms with van der Waals surface area (Å²) < 4.78 is 5.50. The van der Waals surface area contributed by atoms with Gasteiger partial charge in [0.2, 0.25) is 5.91 Å². The van der Waals surface area contributed by atoms with Crippen LogP contribution in [0.5, 0.6) is 0 Å². The third-order valence-electron chi connectivity index (χ3n) is 4.47. The summed E-state index contributed by atoms with van der Waals surface area (Å²) in [6.07, 6.45) is 4.80. The van der Waals surface area contributed by atoms with Gasteiger partial charge in [0.25, 0.3) is 11.6 Å². The second-order valence-corrected chi connectivity index (χ2v) is 6.56. The van der Waals surface area contributed by atoms with Crippen LogP contribution in [0.3, 0.4) is 0 Å². The van der Waals surface area contributed by atoms with E-state index < -0.39 is 10.8 Å². The maximum Gasteiger partial charge on any atom is 0.269 e. The summed E-state index contributed by atoms with van der Waals surface area (Å²) in [5.74, 6) is -0.696. The number of nitro groups is 1. The number of para-hydroxylation sites is 1. The van der Waals surface area contributed by atoms with Crippen molar-refractivity contribution in [3.63, 3.8) is 0 Å². The number of nitro benzene ring substituents is 1. The standard InChI is InChI=1S/C21H21N3O5/c25-20(12-9-15-7-10-16(11-8-15)24(27)28)23-19-6-2-1-5-18(19)21(26)22-14-17-4-3-13-29-17/h1-2,5-12,17H,3-4,13-14H2,(H,22,26)(H,23,25)/b12-9+/t17-/m0/s1. The van der Waals surface area contributed by atoms with Crippen molar-refractivity contribution in [3.05, 3.63) is 75.8 Å². The molecule has 2 aromatic carbocycles. The average Bonchev–Trinajstić information content (AvgIpc) is 3.25. The van der Waals surface area contributed by atoms with E-state index in [4.69, 9.17) is 4.74 Å². The number of hydrogen-bond acceptors (Lipinski definition) is 5. The van der Waals surface area contributed by atoms with Crippen molar-refractivity contribution in [2.75, 3.05) is 18.5 Å². The number of nitrogens with one attached hydrogen (secondary N) is 2. The highest BCUT2D eigenvalue weighted by Crippen LogP contribution is 2.17. The van der Waals surface area contributed by atoms with Crippen molar-refractivity contribution in [2.45, 2.75) is 18.9 Å². The van der Waals surface area contributed by atoms with Gasteiger partial charge in [0, 0.05) is 31.4 Å². The van der Waals surface area contributed by atoms with E-state index in [1.807, 2.05) is 0 Å². The van der Waals surface area contributed by atoms with E-state index in [0.717, 1.165) is 12.8 Å². The lowest BCUT2D eigenvalue weighted by Gasteiger charge is -2.13. The fraction of sp³-hybridized carbons (Fsp3) is 0.238. The number of carbonyl (C=O) groups excluding carboxylic acids is 2. The van der Waals surface area contributed by atoms with E-state index in [2.05, 4.69) is 10.6 Å². The number of benzene rings is 2.